The Bertz CT molecular complexity index is 585. The van der Waals surface area contributed by atoms with Gasteiger partial charge in [0.25, 0.3) is 0 Å². The minimum Gasteiger partial charge on any atom is -0.390 e. The zero-order chi connectivity index (χ0) is 17.4. The van der Waals surface area contributed by atoms with Gasteiger partial charge in [0.05, 0.1) is 18.3 Å². The smallest absolute Gasteiger partial charge is 0.147 e. The summed E-state index contributed by atoms with van der Waals surface area (Å²) in [6.45, 7) is 4.78. The van der Waals surface area contributed by atoms with Crippen LogP contribution in [0.3, 0.4) is 0 Å². The van der Waals surface area contributed by atoms with E-state index in [1.165, 1.54) is 38.5 Å². The van der Waals surface area contributed by atoms with Gasteiger partial charge < -0.3 is 9.84 Å². The first-order valence-corrected chi connectivity index (χ1v) is 10.6. The number of rotatable bonds is 2. The molecule has 4 saturated carbocycles. The Morgan fingerprint density at radius 3 is 2.60 bits per heavy atom. The topological polar surface area (TPSA) is 29.5 Å². The van der Waals surface area contributed by atoms with Crippen molar-refractivity contribution in [3.63, 3.8) is 0 Å². The molecule has 4 fully saturated rings. The van der Waals surface area contributed by atoms with Crippen LogP contribution in [0.15, 0.2) is 11.6 Å². The summed E-state index contributed by atoms with van der Waals surface area (Å²) >= 11 is 0. The maximum atomic E-state index is 14.7. The van der Waals surface area contributed by atoms with Gasteiger partial charge in [-0.3, -0.25) is 0 Å². The standard InChI is InChI=1S/C22H33FO2/c1-21-12-10-18(24)20(23)17(21)6-5-14-15-7-8-19(25-13-3-4-13)22(15,2)11-9-16(14)21/h6,13-16,18-20,24H,3-5,7-12H2,1-2H3/t14-,15-,16-,18-,19-,20+,21+,22-/m0/s1. The fourth-order valence-corrected chi connectivity index (χ4v) is 7.29. The maximum Gasteiger partial charge on any atom is 0.147 e. The van der Waals surface area contributed by atoms with Crippen molar-refractivity contribution in [3.8, 4) is 0 Å². The first-order valence-electron chi connectivity index (χ1n) is 10.6. The van der Waals surface area contributed by atoms with Crippen LogP contribution in [0.5, 0.6) is 0 Å². The Morgan fingerprint density at radius 1 is 1.04 bits per heavy atom. The van der Waals surface area contributed by atoms with E-state index in [-0.39, 0.29) is 5.41 Å². The molecule has 5 rings (SSSR count). The van der Waals surface area contributed by atoms with Crippen molar-refractivity contribution in [2.75, 3.05) is 0 Å². The summed E-state index contributed by atoms with van der Waals surface area (Å²) in [7, 11) is 0. The largest absolute Gasteiger partial charge is 0.390 e. The van der Waals surface area contributed by atoms with E-state index in [0.29, 0.717) is 35.9 Å². The lowest BCUT2D eigenvalue weighted by atomic mass is 9.47. The lowest BCUT2D eigenvalue weighted by Crippen LogP contribution is -2.53. The summed E-state index contributed by atoms with van der Waals surface area (Å²) in [4.78, 5) is 0. The normalized spacial score (nSPS) is 55.1. The molecule has 0 amide bonds. The molecule has 25 heavy (non-hydrogen) atoms. The van der Waals surface area contributed by atoms with Crippen LogP contribution in [-0.2, 0) is 4.74 Å². The second-order valence-corrected chi connectivity index (χ2v) is 10.1. The van der Waals surface area contributed by atoms with E-state index in [0.717, 1.165) is 24.3 Å². The van der Waals surface area contributed by atoms with Crippen molar-refractivity contribution in [1.29, 1.82) is 0 Å². The minimum atomic E-state index is -1.14. The summed E-state index contributed by atoms with van der Waals surface area (Å²) in [6.07, 6.45) is 11.3. The molecule has 0 aromatic carbocycles. The van der Waals surface area contributed by atoms with Crippen LogP contribution in [-0.4, -0.2) is 29.6 Å². The Labute approximate surface area is 151 Å². The second-order valence-electron chi connectivity index (χ2n) is 10.1. The van der Waals surface area contributed by atoms with Crippen molar-refractivity contribution < 1.29 is 14.2 Å². The fraction of sp³-hybridized carbons (Fsp3) is 0.909. The lowest BCUT2D eigenvalue weighted by Gasteiger charge is -2.58. The van der Waals surface area contributed by atoms with Gasteiger partial charge in [-0.25, -0.2) is 4.39 Å². The summed E-state index contributed by atoms with van der Waals surface area (Å²) < 4.78 is 21.2. The molecule has 0 heterocycles. The predicted molar refractivity (Wildman–Crippen MR) is 95.9 cm³/mol. The molecule has 2 nitrogen and oxygen atoms in total. The summed E-state index contributed by atoms with van der Waals surface area (Å²) in [5.41, 5.74) is 1.23. The Morgan fingerprint density at radius 2 is 1.84 bits per heavy atom. The lowest BCUT2D eigenvalue weighted by molar-refractivity contribution is -0.102. The number of aliphatic hydroxyl groups is 1. The number of fused-ring (bicyclic) bond motifs is 5. The molecule has 0 saturated heterocycles. The van der Waals surface area contributed by atoms with Gasteiger partial charge in [-0.05, 0) is 91.9 Å². The Kier molecular flexibility index (Phi) is 3.71. The van der Waals surface area contributed by atoms with Crippen molar-refractivity contribution in [1.82, 2.24) is 0 Å². The molecule has 0 spiro atoms. The highest BCUT2D eigenvalue weighted by Crippen LogP contribution is 2.65. The van der Waals surface area contributed by atoms with Crippen molar-refractivity contribution in [2.45, 2.75) is 96.1 Å². The van der Waals surface area contributed by atoms with Gasteiger partial charge in [-0.15, -0.1) is 0 Å². The zero-order valence-corrected chi connectivity index (χ0v) is 15.7. The van der Waals surface area contributed by atoms with E-state index in [9.17, 15) is 9.50 Å². The van der Waals surface area contributed by atoms with Gasteiger partial charge in [0.1, 0.15) is 6.17 Å². The van der Waals surface area contributed by atoms with Crippen molar-refractivity contribution in [2.24, 2.45) is 28.6 Å². The minimum absolute atomic E-state index is 0.0294. The van der Waals surface area contributed by atoms with Crippen LogP contribution < -0.4 is 0 Å². The van der Waals surface area contributed by atoms with Crippen molar-refractivity contribution >= 4 is 0 Å². The molecule has 0 aromatic heterocycles. The van der Waals surface area contributed by atoms with E-state index < -0.39 is 12.3 Å². The highest BCUT2D eigenvalue weighted by Gasteiger charge is 2.60. The number of aliphatic hydroxyl groups excluding tert-OH is 1. The Hall–Kier alpha value is -0.410. The SMILES string of the molecule is C[C@]12CC[C@H]3[C@@H](CC=C4[C@@H](F)[C@@H](O)CC[C@@]43C)[C@@H]1CC[C@@H]2OC1CC1. The van der Waals surface area contributed by atoms with Crippen LogP contribution >= 0.6 is 0 Å². The van der Waals surface area contributed by atoms with E-state index in [1.54, 1.807) is 0 Å². The fourth-order valence-electron chi connectivity index (χ4n) is 7.29. The first-order chi connectivity index (χ1) is 11.9. The van der Waals surface area contributed by atoms with Crippen LogP contribution in [0.2, 0.25) is 0 Å². The van der Waals surface area contributed by atoms with Crippen molar-refractivity contribution in [3.05, 3.63) is 11.6 Å². The summed E-state index contributed by atoms with van der Waals surface area (Å²) in [6, 6.07) is 0. The number of ether oxygens (including phenoxy) is 1. The molecule has 0 aromatic rings. The number of hydrogen-bond donors (Lipinski definition) is 1. The summed E-state index contributed by atoms with van der Waals surface area (Å²) in [5.74, 6) is 2.01. The number of alkyl halides is 1. The predicted octanol–water partition coefficient (Wildman–Crippen LogP) is 4.81. The molecular formula is C22H33FO2. The number of allylic oxidation sites excluding steroid dienone is 1. The maximum absolute atomic E-state index is 14.7. The van der Waals surface area contributed by atoms with Gasteiger partial charge in [0, 0.05) is 0 Å². The zero-order valence-electron chi connectivity index (χ0n) is 15.7. The molecule has 1 N–H and O–H groups in total. The van der Waals surface area contributed by atoms with Crippen LogP contribution in [0.1, 0.15) is 71.6 Å². The molecule has 0 aliphatic heterocycles. The van der Waals surface area contributed by atoms with Gasteiger partial charge in [-0.1, -0.05) is 19.9 Å². The monoisotopic (exact) mass is 348 g/mol. The number of hydrogen-bond acceptors (Lipinski definition) is 2. The molecule has 140 valence electrons. The van der Waals surface area contributed by atoms with Gasteiger partial charge in [0.2, 0.25) is 0 Å². The highest BCUT2D eigenvalue weighted by atomic mass is 19.1. The third-order valence-electron chi connectivity index (χ3n) is 8.91. The summed E-state index contributed by atoms with van der Waals surface area (Å²) in [5, 5.41) is 10.0. The average molecular weight is 349 g/mol. The highest BCUT2D eigenvalue weighted by molar-refractivity contribution is 5.29. The average Bonchev–Trinajstić information content (AvgIpc) is 3.34. The van der Waals surface area contributed by atoms with Crippen LogP contribution in [0, 0.1) is 28.6 Å². The molecule has 0 radical (unpaired) electrons. The van der Waals surface area contributed by atoms with Gasteiger partial charge in [-0.2, -0.15) is 0 Å². The molecular weight excluding hydrogens is 315 g/mol. The first kappa shape index (κ1) is 16.7. The third-order valence-corrected chi connectivity index (χ3v) is 8.91. The second kappa shape index (κ2) is 5.55. The quantitative estimate of drug-likeness (QED) is 0.726. The van der Waals surface area contributed by atoms with E-state index >= 15 is 0 Å². The molecule has 8 atom stereocenters. The number of halogens is 1. The van der Waals surface area contributed by atoms with E-state index in [1.807, 2.05) is 0 Å². The van der Waals surface area contributed by atoms with Crippen LogP contribution in [0.25, 0.3) is 0 Å². The van der Waals surface area contributed by atoms with E-state index in [2.05, 4.69) is 19.9 Å². The van der Waals surface area contributed by atoms with Gasteiger partial charge in [0.15, 0.2) is 0 Å². The molecule has 3 heteroatoms. The van der Waals surface area contributed by atoms with Gasteiger partial charge >= 0.3 is 0 Å². The molecule has 0 bridgehead atoms. The van der Waals surface area contributed by atoms with E-state index in [4.69, 9.17) is 4.74 Å². The third kappa shape index (κ3) is 2.34. The molecule has 0 unspecified atom stereocenters. The molecule has 5 aliphatic carbocycles. The van der Waals surface area contributed by atoms with Crippen LogP contribution in [0.4, 0.5) is 4.39 Å². The molecule has 5 aliphatic rings. The Balaban J connectivity index is 1.43.